The number of hydrogen-bond acceptors (Lipinski definition) is 7. The van der Waals surface area contributed by atoms with Crippen LogP contribution in [0.4, 0.5) is 0 Å². The second kappa shape index (κ2) is 6.49. The van der Waals surface area contributed by atoms with Crippen LogP contribution < -0.4 is 0 Å². The molecule has 1 aliphatic carbocycles. The Labute approximate surface area is 137 Å². The van der Waals surface area contributed by atoms with E-state index in [1.165, 1.54) is 29.4 Å². The summed E-state index contributed by atoms with van der Waals surface area (Å²) >= 11 is 1.44. The molecule has 8 heteroatoms. The predicted octanol–water partition coefficient (Wildman–Crippen LogP) is 3.00. The minimum atomic E-state index is 0.439. The Hall–Kier alpha value is -2.22. The fourth-order valence-electron chi connectivity index (χ4n) is 2.71. The molecule has 0 saturated heterocycles. The summed E-state index contributed by atoms with van der Waals surface area (Å²) in [6, 6.07) is 9.70. The molecule has 3 aromatic rings. The van der Waals surface area contributed by atoms with Gasteiger partial charge in [-0.1, -0.05) is 42.8 Å². The standard InChI is InChI=1S/C15H16N6OS/c1-2-8-12(9-3-1)21-19-13(16-20-21)10-23-15-18-17-14(22-15)11-6-4-5-7-11/h1-3,8-9,11H,4-7,10H2. The van der Waals surface area contributed by atoms with Gasteiger partial charge in [-0.05, 0) is 30.2 Å². The van der Waals surface area contributed by atoms with Gasteiger partial charge in [-0.15, -0.1) is 25.2 Å². The van der Waals surface area contributed by atoms with Crippen molar-refractivity contribution in [3.8, 4) is 5.69 Å². The maximum absolute atomic E-state index is 5.74. The number of aromatic nitrogens is 6. The Bertz CT molecular complexity index is 765. The zero-order chi connectivity index (χ0) is 15.5. The number of nitrogens with zero attached hydrogens (tertiary/aromatic N) is 6. The van der Waals surface area contributed by atoms with E-state index in [9.17, 15) is 0 Å². The minimum absolute atomic E-state index is 0.439. The highest BCUT2D eigenvalue weighted by atomic mass is 32.2. The van der Waals surface area contributed by atoms with E-state index in [0.29, 0.717) is 22.7 Å². The fraction of sp³-hybridized carbons (Fsp3) is 0.400. The second-order valence-corrected chi connectivity index (χ2v) is 6.43. The van der Waals surface area contributed by atoms with Crippen molar-refractivity contribution in [2.45, 2.75) is 42.6 Å². The van der Waals surface area contributed by atoms with Gasteiger partial charge in [0.25, 0.3) is 5.22 Å². The van der Waals surface area contributed by atoms with Gasteiger partial charge in [-0.2, -0.15) is 0 Å². The molecular weight excluding hydrogens is 312 g/mol. The van der Waals surface area contributed by atoms with Crippen LogP contribution in [0.2, 0.25) is 0 Å². The van der Waals surface area contributed by atoms with Crippen molar-refractivity contribution < 1.29 is 4.42 Å². The van der Waals surface area contributed by atoms with E-state index in [1.54, 1.807) is 0 Å². The molecule has 1 saturated carbocycles. The van der Waals surface area contributed by atoms with Gasteiger partial charge in [-0.3, -0.25) is 0 Å². The van der Waals surface area contributed by atoms with Crippen molar-refractivity contribution in [2.24, 2.45) is 0 Å². The first-order valence-electron chi connectivity index (χ1n) is 7.69. The Morgan fingerprint density at radius 3 is 2.74 bits per heavy atom. The molecular formula is C15H16N6OS. The molecule has 2 heterocycles. The molecule has 0 N–H and O–H groups in total. The Kier molecular flexibility index (Phi) is 4.06. The summed E-state index contributed by atoms with van der Waals surface area (Å²) in [7, 11) is 0. The van der Waals surface area contributed by atoms with Crippen LogP contribution in [0.25, 0.3) is 5.69 Å². The van der Waals surface area contributed by atoms with Crippen molar-refractivity contribution in [1.82, 2.24) is 30.4 Å². The van der Waals surface area contributed by atoms with E-state index in [0.717, 1.165) is 24.4 Å². The highest BCUT2D eigenvalue weighted by Gasteiger charge is 2.22. The lowest BCUT2D eigenvalue weighted by molar-refractivity contribution is 0.385. The molecule has 4 rings (SSSR count). The summed E-state index contributed by atoms with van der Waals surface area (Å²) in [5.41, 5.74) is 0.887. The van der Waals surface area contributed by atoms with Gasteiger partial charge in [0, 0.05) is 5.92 Å². The van der Waals surface area contributed by atoms with E-state index in [-0.39, 0.29) is 0 Å². The van der Waals surface area contributed by atoms with Crippen LogP contribution in [0.5, 0.6) is 0 Å². The van der Waals surface area contributed by atoms with Gasteiger partial charge < -0.3 is 4.42 Å². The van der Waals surface area contributed by atoms with Crippen LogP contribution in [0.15, 0.2) is 40.0 Å². The molecule has 1 aromatic carbocycles. The first-order valence-corrected chi connectivity index (χ1v) is 8.67. The van der Waals surface area contributed by atoms with Crippen LogP contribution in [0.1, 0.15) is 43.3 Å². The molecule has 0 amide bonds. The molecule has 2 aromatic heterocycles. The number of hydrogen-bond donors (Lipinski definition) is 0. The molecule has 1 fully saturated rings. The van der Waals surface area contributed by atoms with Crippen LogP contribution in [0.3, 0.4) is 0 Å². The van der Waals surface area contributed by atoms with Crippen molar-refractivity contribution in [1.29, 1.82) is 0 Å². The highest BCUT2D eigenvalue weighted by Crippen LogP contribution is 2.34. The van der Waals surface area contributed by atoms with E-state index < -0.39 is 0 Å². The normalized spacial score (nSPS) is 15.3. The third kappa shape index (κ3) is 3.26. The quantitative estimate of drug-likeness (QED) is 0.666. The van der Waals surface area contributed by atoms with Crippen LogP contribution in [-0.2, 0) is 5.75 Å². The lowest BCUT2D eigenvalue weighted by atomic mass is 10.1. The molecule has 118 valence electrons. The van der Waals surface area contributed by atoms with Crippen molar-refractivity contribution in [3.05, 3.63) is 42.0 Å². The summed E-state index contributed by atoms with van der Waals surface area (Å²) in [4.78, 5) is 1.52. The number of thioether (sulfide) groups is 1. The van der Waals surface area contributed by atoms with Crippen LogP contribution in [-0.4, -0.2) is 30.4 Å². The Balaban J connectivity index is 1.39. The van der Waals surface area contributed by atoms with Gasteiger partial charge in [0.1, 0.15) is 0 Å². The zero-order valence-corrected chi connectivity index (χ0v) is 13.3. The SMILES string of the molecule is c1ccc(-n2nnc(CSc3nnc(C4CCCC4)o3)n2)cc1. The van der Waals surface area contributed by atoms with Gasteiger partial charge >= 0.3 is 0 Å². The molecule has 0 spiro atoms. The predicted molar refractivity (Wildman–Crippen MR) is 84.2 cm³/mol. The van der Waals surface area contributed by atoms with E-state index >= 15 is 0 Å². The first-order chi connectivity index (χ1) is 11.4. The second-order valence-electron chi connectivity index (χ2n) is 5.51. The first kappa shape index (κ1) is 14.4. The minimum Gasteiger partial charge on any atom is -0.416 e. The lowest BCUT2D eigenvalue weighted by Gasteiger charge is -1.99. The Morgan fingerprint density at radius 1 is 1.09 bits per heavy atom. The number of tetrazole rings is 1. The average molecular weight is 328 g/mol. The van der Waals surface area contributed by atoms with Crippen molar-refractivity contribution >= 4 is 11.8 Å². The fourth-order valence-corrected chi connectivity index (χ4v) is 3.33. The van der Waals surface area contributed by atoms with Crippen LogP contribution in [0, 0.1) is 0 Å². The molecule has 0 bridgehead atoms. The maximum Gasteiger partial charge on any atom is 0.277 e. The topological polar surface area (TPSA) is 82.5 Å². The van der Waals surface area contributed by atoms with Gasteiger partial charge in [0.2, 0.25) is 5.89 Å². The smallest absolute Gasteiger partial charge is 0.277 e. The monoisotopic (exact) mass is 328 g/mol. The third-order valence-corrected chi connectivity index (χ3v) is 4.71. The van der Waals surface area contributed by atoms with Gasteiger partial charge in [0.15, 0.2) is 5.82 Å². The lowest BCUT2D eigenvalue weighted by Crippen LogP contribution is -1.98. The average Bonchev–Trinajstić information content (AvgIpc) is 3.33. The van der Waals surface area contributed by atoms with E-state index in [4.69, 9.17) is 4.42 Å². The molecule has 0 aliphatic heterocycles. The van der Waals surface area contributed by atoms with Gasteiger partial charge in [0.05, 0.1) is 11.4 Å². The van der Waals surface area contributed by atoms with Crippen LogP contribution >= 0.6 is 11.8 Å². The van der Waals surface area contributed by atoms with Crippen molar-refractivity contribution in [3.63, 3.8) is 0 Å². The van der Waals surface area contributed by atoms with E-state index in [1.807, 2.05) is 30.3 Å². The summed E-state index contributed by atoms with van der Waals surface area (Å²) in [6.07, 6.45) is 4.81. The molecule has 0 atom stereocenters. The number of rotatable bonds is 5. The van der Waals surface area contributed by atoms with Gasteiger partial charge in [-0.25, -0.2) is 0 Å². The third-order valence-electron chi connectivity index (χ3n) is 3.89. The molecule has 0 radical (unpaired) electrons. The maximum atomic E-state index is 5.74. The van der Waals surface area contributed by atoms with Crippen molar-refractivity contribution in [2.75, 3.05) is 0 Å². The molecule has 1 aliphatic rings. The molecule has 0 unspecified atom stereocenters. The summed E-state index contributed by atoms with van der Waals surface area (Å²) < 4.78 is 5.74. The highest BCUT2D eigenvalue weighted by molar-refractivity contribution is 7.98. The summed E-state index contributed by atoms with van der Waals surface area (Å²) in [5, 5.41) is 21.3. The number of para-hydroxylation sites is 1. The largest absolute Gasteiger partial charge is 0.416 e. The summed E-state index contributed by atoms with van der Waals surface area (Å²) in [5.74, 6) is 2.40. The number of benzene rings is 1. The molecule has 23 heavy (non-hydrogen) atoms. The summed E-state index contributed by atoms with van der Waals surface area (Å²) in [6.45, 7) is 0. The van der Waals surface area contributed by atoms with E-state index in [2.05, 4.69) is 25.6 Å². The zero-order valence-electron chi connectivity index (χ0n) is 12.5. The molecule has 7 nitrogen and oxygen atoms in total. The Morgan fingerprint density at radius 2 is 1.91 bits per heavy atom.